The smallest absolute Gasteiger partial charge is 0.305 e. The van der Waals surface area contributed by atoms with Crippen LogP contribution in [0.3, 0.4) is 0 Å². The van der Waals surface area contributed by atoms with Gasteiger partial charge in [0.25, 0.3) is 0 Å². The SMILES string of the molecule is CCCCC(C)(C)CC=C[C@@H]1[C@H]2[C@H](F)C(C(I)CCCC(=O)OC)O[C@]2(OC2CCCCO2)C[C@H]1C. The van der Waals surface area contributed by atoms with E-state index in [4.69, 9.17) is 18.9 Å². The Morgan fingerprint density at radius 3 is 2.75 bits per heavy atom. The highest BCUT2D eigenvalue weighted by Gasteiger charge is 2.65. The van der Waals surface area contributed by atoms with Crippen LogP contribution in [0, 0.1) is 23.2 Å². The molecule has 3 rings (SSSR count). The minimum atomic E-state index is -1.12. The standard InChI is InChI=1S/C29H48FIO5/c1-6-7-16-28(3,4)17-11-12-21-20(2)19-29(35-24-15-8-9-18-34-24)25(21)26(30)27(36-29)22(31)13-10-14-23(32)33-5/h11-12,20-22,24-27H,6-10,13-19H2,1-5H3/t20-,21+,22?,24?,25+,26+,27?,29-/m1/s1. The van der Waals surface area contributed by atoms with Gasteiger partial charge in [0.1, 0.15) is 12.3 Å². The average molecular weight is 623 g/mol. The number of fused-ring (bicyclic) bond motifs is 1. The maximum absolute atomic E-state index is 16.3. The molecule has 2 heterocycles. The Balaban J connectivity index is 1.75. The summed E-state index contributed by atoms with van der Waals surface area (Å²) in [5, 5.41) is 0. The first-order valence-electron chi connectivity index (χ1n) is 14.1. The second-order valence-corrected chi connectivity index (χ2v) is 13.5. The maximum atomic E-state index is 16.3. The predicted octanol–water partition coefficient (Wildman–Crippen LogP) is 7.54. The molecule has 5 nitrogen and oxygen atoms in total. The highest BCUT2D eigenvalue weighted by Crippen LogP contribution is 2.57. The van der Waals surface area contributed by atoms with Gasteiger partial charge in [-0.15, -0.1) is 0 Å². The topological polar surface area (TPSA) is 54.0 Å². The minimum Gasteiger partial charge on any atom is -0.469 e. The molecular formula is C29H48FIO5. The first-order chi connectivity index (χ1) is 17.1. The molecule has 0 aromatic carbocycles. The van der Waals surface area contributed by atoms with Gasteiger partial charge in [0.15, 0.2) is 12.1 Å². The van der Waals surface area contributed by atoms with Crippen molar-refractivity contribution in [2.24, 2.45) is 23.2 Å². The number of ether oxygens (including phenoxy) is 4. The Kier molecular flexibility index (Phi) is 11.5. The zero-order chi connectivity index (χ0) is 26.3. The molecule has 208 valence electrons. The lowest BCUT2D eigenvalue weighted by Gasteiger charge is -2.35. The van der Waals surface area contributed by atoms with E-state index in [9.17, 15) is 4.79 Å². The summed E-state index contributed by atoms with van der Waals surface area (Å²) in [6, 6.07) is 0. The van der Waals surface area contributed by atoms with E-state index in [1.54, 1.807) is 0 Å². The normalized spacial score (nSPS) is 35.8. The molecule has 8 atom stereocenters. The van der Waals surface area contributed by atoms with Crippen molar-refractivity contribution in [2.45, 2.75) is 127 Å². The van der Waals surface area contributed by atoms with Crippen molar-refractivity contribution in [3.05, 3.63) is 12.2 Å². The van der Waals surface area contributed by atoms with E-state index in [1.165, 1.54) is 26.4 Å². The van der Waals surface area contributed by atoms with E-state index in [-0.39, 0.29) is 39.4 Å². The first kappa shape index (κ1) is 30.3. The van der Waals surface area contributed by atoms with E-state index in [0.717, 1.165) is 25.7 Å². The molecule has 1 aliphatic carbocycles. The lowest BCUT2D eigenvalue weighted by Crippen LogP contribution is -2.42. The number of halogens is 2. The molecule has 2 aliphatic heterocycles. The molecule has 3 aliphatic rings. The minimum absolute atomic E-state index is 0.0477. The first-order valence-corrected chi connectivity index (χ1v) is 15.4. The van der Waals surface area contributed by atoms with Gasteiger partial charge in [-0.05, 0) is 62.2 Å². The number of carbonyl (C=O) groups is 1. The van der Waals surface area contributed by atoms with Gasteiger partial charge in [0, 0.05) is 23.4 Å². The van der Waals surface area contributed by atoms with Crippen molar-refractivity contribution in [1.29, 1.82) is 0 Å². The van der Waals surface area contributed by atoms with Crippen molar-refractivity contribution >= 4 is 28.6 Å². The second kappa shape index (κ2) is 13.7. The van der Waals surface area contributed by atoms with Crippen molar-refractivity contribution in [2.75, 3.05) is 13.7 Å². The summed E-state index contributed by atoms with van der Waals surface area (Å²) in [4.78, 5) is 11.5. The number of methoxy groups -OCH3 is 1. The highest BCUT2D eigenvalue weighted by molar-refractivity contribution is 14.1. The molecule has 3 unspecified atom stereocenters. The molecule has 0 aromatic heterocycles. The largest absolute Gasteiger partial charge is 0.469 e. The average Bonchev–Trinajstić information content (AvgIpc) is 3.27. The third kappa shape index (κ3) is 7.66. The molecule has 0 N–H and O–H groups in total. The lowest BCUT2D eigenvalue weighted by atomic mass is 9.81. The number of carbonyl (C=O) groups excluding carboxylic acids is 1. The summed E-state index contributed by atoms with van der Waals surface area (Å²) in [7, 11) is 1.40. The highest BCUT2D eigenvalue weighted by atomic mass is 127. The van der Waals surface area contributed by atoms with E-state index < -0.39 is 18.1 Å². The van der Waals surface area contributed by atoms with Crippen LogP contribution in [0.4, 0.5) is 4.39 Å². The molecule has 2 saturated heterocycles. The summed E-state index contributed by atoms with van der Waals surface area (Å²) in [6.07, 6.45) is 12.5. The zero-order valence-electron chi connectivity index (χ0n) is 23.0. The van der Waals surface area contributed by atoms with Gasteiger partial charge in [0.2, 0.25) is 0 Å². The Labute approximate surface area is 231 Å². The van der Waals surface area contributed by atoms with Crippen LogP contribution in [-0.2, 0) is 23.7 Å². The number of hydrogen-bond acceptors (Lipinski definition) is 5. The van der Waals surface area contributed by atoms with Crippen molar-refractivity contribution in [3.8, 4) is 0 Å². The number of rotatable bonds is 13. The van der Waals surface area contributed by atoms with Crippen LogP contribution in [0.5, 0.6) is 0 Å². The fourth-order valence-corrected chi connectivity index (χ4v) is 7.21. The summed E-state index contributed by atoms with van der Waals surface area (Å²) in [6.45, 7) is 9.75. The van der Waals surface area contributed by atoms with Crippen LogP contribution in [0.15, 0.2) is 12.2 Å². The Morgan fingerprint density at radius 2 is 2.08 bits per heavy atom. The number of unbranched alkanes of at least 4 members (excludes halogenated alkanes) is 1. The predicted molar refractivity (Wildman–Crippen MR) is 149 cm³/mol. The third-order valence-electron chi connectivity index (χ3n) is 8.33. The van der Waals surface area contributed by atoms with Gasteiger partial charge >= 0.3 is 5.97 Å². The molecule has 0 amide bonds. The maximum Gasteiger partial charge on any atom is 0.305 e. The lowest BCUT2D eigenvalue weighted by molar-refractivity contribution is -0.317. The number of hydrogen-bond donors (Lipinski definition) is 0. The molecule has 36 heavy (non-hydrogen) atoms. The molecule has 0 spiro atoms. The fourth-order valence-electron chi connectivity index (χ4n) is 6.22. The van der Waals surface area contributed by atoms with Crippen molar-refractivity contribution in [1.82, 2.24) is 0 Å². The van der Waals surface area contributed by atoms with E-state index in [0.29, 0.717) is 32.3 Å². The molecular weight excluding hydrogens is 574 g/mol. The summed E-state index contributed by atoms with van der Waals surface area (Å²) >= 11 is 2.30. The number of esters is 1. The third-order valence-corrected chi connectivity index (χ3v) is 9.66. The van der Waals surface area contributed by atoms with E-state index >= 15 is 4.39 Å². The number of alkyl halides is 2. The van der Waals surface area contributed by atoms with Gasteiger partial charge in [-0.3, -0.25) is 4.79 Å². The van der Waals surface area contributed by atoms with Crippen LogP contribution < -0.4 is 0 Å². The van der Waals surface area contributed by atoms with Crippen molar-refractivity contribution < 1.29 is 28.1 Å². The van der Waals surface area contributed by atoms with E-state index in [1.807, 2.05) is 0 Å². The molecule has 0 radical (unpaired) electrons. The second-order valence-electron chi connectivity index (χ2n) is 11.9. The quantitative estimate of drug-likeness (QED) is 0.0920. The van der Waals surface area contributed by atoms with Gasteiger partial charge in [-0.2, -0.15) is 0 Å². The molecule has 0 aromatic rings. The Bertz CT molecular complexity index is 724. The van der Waals surface area contributed by atoms with Crippen molar-refractivity contribution in [3.63, 3.8) is 0 Å². The monoisotopic (exact) mass is 622 g/mol. The van der Waals surface area contributed by atoms with Crippen LogP contribution in [0.1, 0.15) is 98.3 Å². The zero-order valence-corrected chi connectivity index (χ0v) is 25.1. The fraction of sp³-hybridized carbons (Fsp3) is 0.897. The van der Waals surface area contributed by atoms with Gasteiger partial charge < -0.3 is 18.9 Å². The van der Waals surface area contributed by atoms with E-state index in [2.05, 4.69) is 62.4 Å². The summed E-state index contributed by atoms with van der Waals surface area (Å²) < 4.78 is 40.1. The molecule has 1 saturated carbocycles. The van der Waals surface area contributed by atoms with Crippen LogP contribution in [0.2, 0.25) is 0 Å². The molecule has 7 heteroatoms. The molecule has 3 fully saturated rings. The van der Waals surface area contributed by atoms with Gasteiger partial charge in [-0.1, -0.05) is 75.3 Å². The van der Waals surface area contributed by atoms with Crippen LogP contribution in [-0.4, -0.2) is 48.0 Å². The van der Waals surface area contributed by atoms with Crippen LogP contribution in [0.25, 0.3) is 0 Å². The summed E-state index contributed by atoms with van der Waals surface area (Å²) in [5.74, 6) is -1.20. The Morgan fingerprint density at radius 1 is 1.31 bits per heavy atom. The van der Waals surface area contributed by atoms with Gasteiger partial charge in [-0.25, -0.2) is 4.39 Å². The Hall–Kier alpha value is -0.250. The van der Waals surface area contributed by atoms with Gasteiger partial charge in [0.05, 0.1) is 13.0 Å². The molecule has 0 bridgehead atoms. The van der Waals surface area contributed by atoms with Crippen LogP contribution >= 0.6 is 22.6 Å². The summed E-state index contributed by atoms with van der Waals surface area (Å²) in [5.41, 5.74) is 0.245. The number of allylic oxidation sites excluding steroid dienone is 2.